The van der Waals surface area contributed by atoms with Crippen molar-refractivity contribution >= 4 is 16.7 Å². The third kappa shape index (κ3) is 2.10. The fourth-order valence-electron chi connectivity index (χ4n) is 2.36. The molecule has 0 radical (unpaired) electrons. The third-order valence-electron chi connectivity index (χ3n) is 3.36. The lowest BCUT2D eigenvalue weighted by Crippen LogP contribution is -2.17. The zero-order valence-corrected chi connectivity index (χ0v) is 11.5. The summed E-state index contributed by atoms with van der Waals surface area (Å²) in [5, 5.41) is 11.3. The summed E-state index contributed by atoms with van der Waals surface area (Å²) in [6.45, 7) is 3.42. The number of hydrogen-bond donors (Lipinski definition) is 0. The van der Waals surface area contributed by atoms with Crippen molar-refractivity contribution in [1.29, 1.82) is 0 Å². The Kier molecular flexibility index (Phi) is 2.86. The van der Waals surface area contributed by atoms with E-state index < -0.39 is 4.92 Å². The average Bonchev–Trinajstić information content (AvgIpc) is 2.80. The first-order valence-corrected chi connectivity index (χ1v) is 6.34. The van der Waals surface area contributed by atoms with Gasteiger partial charge in [0.2, 0.25) is 0 Å². The minimum Gasteiger partial charge on any atom is -0.461 e. The van der Waals surface area contributed by atoms with Crippen LogP contribution >= 0.6 is 0 Å². The Bertz CT molecular complexity index is 921. The molecule has 0 saturated carbocycles. The smallest absolute Gasteiger partial charge is 0.272 e. The van der Waals surface area contributed by atoms with E-state index in [1.807, 2.05) is 0 Å². The van der Waals surface area contributed by atoms with Crippen LogP contribution in [0.5, 0.6) is 0 Å². The number of nitro benzene ring substituents is 1. The van der Waals surface area contributed by atoms with Gasteiger partial charge in [-0.3, -0.25) is 19.5 Å². The Morgan fingerprint density at radius 3 is 2.62 bits per heavy atom. The van der Waals surface area contributed by atoms with Crippen molar-refractivity contribution < 1.29 is 9.34 Å². The molecule has 0 aliphatic rings. The molecule has 0 bridgehead atoms. The third-order valence-corrected chi connectivity index (χ3v) is 3.36. The van der Waals surface area contributed by atoms with Crippen LogP contribution in [0.4, 0.5) is 5.69 Å². The fraction of sp³-hybridized carbons (Fsp3) is 0.133. The van der Waals surface area contributed by atoms with Gasteiger partial charge in [0.05, 0.1) is 10.3 Å². The first-order valence-electron chi connectivity index (χ1n) is 6.34. The molecular formula is C15H12N2O4. The van der Waals surface area contributed by atoms with Crippen LogP contribution in [0.15, 0.2) is 45.7 Å². The predicted octanol–water partition coefficient (Wildman–Crippen LogP) is 3.11. The summed E-state index contributed by atoms with van der Waals surface area (Å²) in [5.41, 5.74) is 1.45. The van der Waals surface area contributed by atoms with Crippen molar-refractivity contribution in [2.45, 2.75) is 13.8 Å². The number of furan rings is 1. The van der Waals surface area contributed by atoms with Crippen LogP contribution in [0.2, 0.25) is 0 Å². The van der Waals surface area contributed by atoms with Crippen molar-refractivity contribution in [2.24, 2.45) is 0 Å². The molecule has 0 N–H and O–H groups in total. The van der Waals surface area contributed by atoms with Crippen LogP contribution in [-0.4, -0.2) is 9.49 Å². The topological polar surface area (TPSA) is 78.3 Å². The first kappa shape index (κ1) is 13.1. The van der Waals surface area contributed by atoms with Crippen LogP contribution in [0.3, 0.4) is 0 Å². The molecule has 6 heteroatoms. The van der Waals surface area contributed by atoms with Crippen LogP contribution in [0.1, 0.15) is 11.3 Å². The monoisotopic (exact) mass is 284 g/mol. The van der Waals surface area contributed by atoms with E-state index >= 15 is 0 Å². The summed E-state index contributed by atoms with van der Waals surface area (Å²) in [7, 11) is 0. The molecule has 0 aliphatic carbocycles. The number of nitrogens with zero attached hydrogens (tertiary/aromatic N) is 2. The number of aromatic nitrogens is 1. The van der Waals surface area contributed by atoms with Gasteiger partial charge in [0.1, 0.15) is 11.3 Å². The Hall–Kier alpha value is -2.89. The van der Waals surface area contributed by atoms with E-state index in [-0.39, 0.29) is 11.2 Å². The first-order chi connectivity index (χ1) is 9.97. The van der Waals surface area contributed by atoms with E-state index in [0.717, 1.165) is 0 Å². The summed E-state index contributed by atoms with van der Waals surface area (Å²) in [4.78, 5) is 22.8. The largest absolute Gasteiger partial charge is 0.461 e. The zero-order chi connectivity index (χ0) is 15.1. The molecule has 0 fully saturated rings. The second-order valence-electron chi connectivity index (χ2n) is 4.85. The van der Waals surface area contributed by atoms with E-state index in [0.29, 0.717) is 28.0 Å². The van der Waals surface area contributed by atoms with E-state index in [9.17, 15) is 14.9 Å². The molecule has 0 saturated heterocycles. The molecule has 0 unspecified atom stereocenters. The fourth-order valence-corrected chi connectivity index (χ4v) is 2.36. The second-order valence-corrected chi connectivity index (χ2v) is 4.85. The van der Waals surface area contributed by atoms with Crippen LogP contribution in [0.25, 0.3) is 16.7 Å². The maximum Gasteiger partial charge on any atom is 0.272 e. The highest BCUT2D eigenvalue weighted by Gasteiger charge is 2.13. The minimum absolute atomic E-state index is 0.0343. The van der Waals surface area contributed by atoms with E-state index in [4.69, 9.17) is 4.42 Å². The van der Waals surface area contributed by atoms with Crippen molar-refractivity contribution in [3.05, 3.63) is 68.3 Å². The summed E-state index contributed by atoms with van der Waals surface area (Å²) in [6, 6.07) is 7.98. The number of hydrogen-bond acceptors (Lipinski definition) is 4. The molecule has 1 aromatic carbocycles. The van der Waals surface area contributed by atoms with Gasteiger partial charge < -0.3 is 4.42 Å². The maximum atomic E-state index is 12.4. The molecule has 21 heavy (non-hydrogen) atoms. The number of nitro groups is 1. The summed E-state index contributed by atoms with van der Waals surface area (Å²) < 4.78 is 6.86. The highest BCUT2D eigenvalue weighted by molar-refractivity contribution is 5.77. The molecule has 0 aliphatic heterocycles. The van der Waals surface area contributed by atoms with Gasteiger partial charge in [-0.1, -0.05) is 0 Å². The molecule has 6 nitrogen and oxygen atoms in total. The molecule has 0 atom stereocenters. The van der Waals surface area contributed by atoms with Gasteiger partial charge in [-0.05, 0) is 38.1 Å². The highest BCUT2D eigenvalue weighted by atomic mass is 16.6. The quantitative estimate of drug-likeness (QED) is 0.535. The maximum absolute atomic E-state index is 12.4. The summed E-state index contributed by atoms with van der Waals surface area (Å²) in [5.74, 6) is 0.666. The van der Waals surface area contributed by atoms with Crippen molar-refractivity contribution in [3.63, 3.8) is 0 Å². The standard InChI is InChI=1S/C15H12N2O4/c1-9-7-11(3-4-13(9)17(19)20)16-6-5-14-12(15(16)18)8-10(2)21-14/h3-8H,1-2H3. The lowest BCUT2D eigenvalue weighted by molar-refractivity contribution is -0.385. The number of benzene rings is 1. The molecule has 2 aromatic heterocycles. The number of aryl methyl sites for hydroxylation is 2. The number of rotatable bonds is 2. The van der Waals surface area contributed by atoms with Gasteiger partial charge in [-0.2, -0.15) is 0 Å². The molecule has 2 heterocycles. The molecule has 0 amide bonds. The van der Waals surface area contributed by atoms with Gasteiger partial charge in [-0.25, -0.2) is 0 Å². The molecular weight excluding hydrogens is 272 g/mol. The van der Waals surface area contributed by atoms with Gasteiger partial charge in [-0.15, -0.1) is 0 Å². The lowest BCUT2D eigenvalue weighted by atomic mass is 10.1. The van der Waals surface area contributed by atoms with E-state index in [1.54, 1.807) is 44.3 Å². The Morgan fingerprint density at radius 2 is 1.95 bits per heavy atom. The highest BCUT2D eigenvalue weighted by Crippen LogP contribution is 2.21. The SMILES string of the molecule is Cc1cc2c(=O)n(-c3ccc([N+](=O)[O-])c(C)c3)ccc2o1. The number of fused-ring (bicyclic) bond motifs is 1. The van der Waals surface area contributed by atoms with Crippen LogP contribution in [-0.2, 0) is 0 Å². The van der Waals surface area contributed by atoms with Crippen molar-refractivity contribution in [2.75, 3.05) is 0 Å². The molecule has 0 spiro atoms. The van der Waals surface area contributed by atoms with Gasteiger partial charge in [0, 0.05) is 23.5 Å². The number of pyridine rings is 1. The van der Waals surface area contributed by atoms with Crippen molar-refractivity contribution in [1.82, 2.24) is 4.57 Å². The normalized spacial score (nSPS) is 11.0. The Labute approximate surface area is 119 Å². The predicted molar refractivity (Wildman–Crippen MR) is 77.9 cm³/mol. The van der Waals surface area contributed by atoms with E-state index in [2.05, 4.69) is 0 Å². The Balaban J connectivity index is 2.21. The molecule has 3 aromatic rings. The Morgan fingerprint density at radius 1 is 1.19 bits per heavy atom. The van der Waals surface area contributed by atoms with Gasteiger partial charge >= 0.3 is 0 Å². The van der Waals surface area contributed by atoms with Crippen molar-refractivity contribution in [3.8, 4) is 5.69 Å². The van der Waals surface area contributed by atoms with Gasteiger partial charge in [0.25, 0.3) is 11.2 Å². The van der Waals surface area contributed by atoms with Crippen LogP contribution in [0, 0.1) is 24.0 Å². The minimum atomic E-state index is -0.440. The van der Waals surface area contributed by atoms with E-state index in [1.165, 1.54) is 10.6 Å². The average molecular weight is 284 g/mol. The summed E-state index contributed by atoms with van der Waals surface area (Å²) >= 11 is 0. The molecule has 3 rings (SSSR count). The second kappa shape index (κ2) is 4.59. The summed E-state index contributed by atoms with van der Waals surface area (Å²) in [6.07, 6.45) is 1.61. The van der Waals surface area contributed by atoms with Crippen LogP contribution < -0.4 is 5.56 Å². The molecule has 106 valence electrons. The zero-order valence-electron chi connectivity index (χ0n) is 11.5. The lowest BCUT2D eigenvalue weighted by Gasteiger charge is -2.06. The van der Waals surface area contributed by atoms with Gasteiger partial charge in [0.15, 0.2) is 0 Å².